The van der Waals surface area contributed by atoms with Crippen molar-refractivity contribution < 1.29 is 23.2 Å². The summed E-state index contributed by atoms with van der Waals surface area (Å²) in [5, 5.41) is 12.6. The second-order valence-electron chi connectivity index (χ2n) is 8.93. The molecule has 9 heteroatoms. The zero-order chi connectivity index (χ0) is 23.6. The Bertz CT molecular complexity index is 1120. The molecule has 1 saturated heterocycles. The first kappa shape index (κ1) is 23.4. The third-order valence-electron chi connectivity index (χ3n) is 6.45. The third-order valence-corrected chi connectivity index (χ3v) is 8.36. The highest BCUT2D eigenvalue weighted by molar-refractivity contribution is 7.89. The summed E-state index contributed by atoms with van der Waals surface area (Å²) in [6, 6.07) is 17.7. The molecule has 2 aliphatic heterocycles. The van der Waals surface area contributed by atoms with E-state index in [1.807, 2.05) is 13.0 Å². The van der Waals surface area contributed by atoms with E-state index in [1.54, 1.807) is 24.3 Å². The van der Waals surface area contributed by atoms with Gasteiger partial charge in [0.2, 0.25) is 10.0 Å². The molecule has 2 fully saturated rings. The molecule has 2 heterocycles. The molecule has 0 radical (unpaired) electrons. The summed E-state index contributed by atoms with van der Waals surface area (Å²) in [5.74, 6) is -0.433. The maximum Gasteiger partial charge on any atom is 0.353 e. The average Bonchev–Trinajstić information content (AvgIpc) is 3.40. The molecule has 1 spiro atoms. The molecule has 1 aliphatic carbocycles. The molecule has 176 valence electrons. The number of hydrogen-bond acceptors (Lipinski definition) is 6. The molecule has 2 unspecified atom stereocenters. The van der Waals surface area contributed by atoms with Crippen molar-refractivity contribution in [1.82, 2.24) is 4.31 Å². The van der Waals surface area contributed by atoms with Crippen molar-refractivity contribution >= 4 is 21.7 Å². The Kier molecular flexibility index (Phi) is 6.56. The van der Waals surface area contributed by atoms with Crippen LogP contribution >= 0.6 is 0 Å². The van der Waals surface area contributed by atoms with Crippen molar-refractivity contribution in [2.24, 2.45) is 10.9 Å². The number of benzene rings is 2. The summed E-state index contributed by atoms with van der Waals surface area (Å²) < 4.78 is 26.7. The van der Waals surface area contributed by atoms with Crippen LogP contribution in [0.4, 0.5) is 0 Å². The fourth-order valence-corrected chi connectivity index (χ4v) is 5.64. The van der Waals surface area contributed by atoms with Gasteiger partial charge in [0.1, 0.15) is 5.60 Å². The number of sulfonamides is 1. The Hall–Kier alpha value is -2.75. The van der Waals surface area contributed by atoms with Gasteiger partial charge in [-0.1, -0.05) is 53.2 Å². The molecule has 2 atom stereocenters. The van der Waals surface area contributed by atoms with Crippen molar-refractivity contribution in [1.29, 1.82) is 0 Å². The lowest BCUT2D eigenvalue weighted by atomic mass is 9.88. The Labute approximate surface area is 194 Å². The number of carboxylic acids is 1. The van der Waals surface area contributed by atoms with Gasteiger partial charge in [-0.15, -0.1) is 0 Å². The van der Waals surface area contributed by atoms with Crippen molar-refractivity contribution in [3.05, 3.63) is 65.7 Å². The van der Waals surface area contributed by atoms with Gasteiger partial charge in [0, 0.05) is 44.3 Å². The van der Waals surface area contributed by atoms with Crippen LogP contribution in [-0.2, 0) is 19.7 Å². The van der Waals surface area contributed by atoms with Crippen LogP contribution in [0.3, 0.4) is 0 Å². The smallest absolute Gasteiger partial charge is 0.353 e. The van der Waals surface area contributed by atoms with E-state index in [4.69, 9.17) is 15.7 Å². The summed E-state index contributed by atoms with van der Waals surface area (Å²) in [7, 11) is -3.53. The summed E-state index contributed by atoms with van der Waals surface area (Å²) in [5.41, 5.74) is 7.42. The van der Waals surface area contributed by atoms with Gasteiger partial charge in [0.25, 0.3) is 0 Å². The van der Waals surface area contributed by atoms with Crippen LogP contribution in [0.2, 0.25) is 0 Å². The van der Waals surface area contributed by atoms with Crippen LogP contribution in [-0.4, -0.2) is 54.2 Å². The van der Waals surface area contributed by atoms with E-state index in [2.05, 4.69) is 29.4 Å². The first-order chi connectivity index (χ1) is 15.7. The molecule has 0 bridgehead atoms. The lowest BCUT2D eigenvalue weighted by Crippen LogP contribution is -2.47. The van der Waals surface area contributed by atoms with Crippen LogP contribution in [0.15, 0.2) is 64.6 Å². The lowest BCUT2D eigenvalue weighted by Gasteiger charge is -2.36. The van der Waals surface area contributed by atoms with Crippen LogP contribution < -0.4 is 5.73 Å². The molecule has 33 heavy (non-hydrogen) atoms. The van der Waals surface area contributed by atoms with Gasteiger partial charge in [0.15, 0.2) is 5.71 Å². The minimum Gasteiger partial charge on any atom is -0.477 e. The quantitative estimate of drug-likeness (QED) is 0.707. The van der Waals surface area contributed by atoms with E-state index in [0.717, 1.165) is 5.56 Å². The Morgan fingerprint density at radius 1 is 1.12 bits per heavy atom. The van der Waals surface area contributed by atoms with Crippen molar-refractivity contribution in [3.8, 4) is 0 Å². The Balaban J connectivity index is 0.000000214. The van der Waals surface area contributed by atoms with E-state index in [-0.39, 0.29) is 17.0 Å². The number of aryl methyl sites for hydroxylation is 1. The fraction of sp³-hybridized carbons (Fsp3) is 0.417. The highest BCUT2D eigenvalue weighted by atomic mass is 32.2. The minimum absolute atomic E-state index is 0.000147. The molecule has 0 aromatic heterocycles. The van der Waals surface area contributed by atoms with Crippen molar-refractivity contribution in [3.63, 3.8) is 0 Å². The zero-order valence-electron chi connectivity index (χ0n) is 18.6. The van der Waals surface area contributed by atoms with Gasteiger partial charge in [-0.25, -0.2) is 13.2 Å². The maximum atomic E-state index is 12.6. The Morgan fingerprint density at radius 3 is 2.24 bits per heavy atom. The number of carbonyl (C=O) groups is 1. The number of nitrogens with two attached hydrogens (primary N) is 1. The summed E-state index contributed by atoms with van der Waals surface area (Å²) in [6.45, 7) is 2.48. The van der Waals surface area contributed by atoms with Crippen LogP contribution in [0.5, 0.6) is 0 Å². The third kappa shape index (κ3) is 5.26. The molecule has 5 rings (SSSR count). The molecule has 8 nitrogen and oxygen atoms in total. The van der Waals surface area contributed by atoms with E-state index < -0.39 is 21.6 Å². The van der Waals surface area contributed by atoms with Crippen molar-refractivity contribution in [2.75, 3.05) is 13.1 Å². The molecule has 3 N–H and O–H groups in total. The van der Waals surface area contributed by atoms with E-state index in [1.165, 1.54) is 16.3 Å². The zero-order valence-corrected chi connectivity index (χ0v) is 19.4. The standard InChI is InChI=1S/C15H18N2O5S.C9H11N/c1-11-2-4-12(5-3-11)23(20,21)17-8-6-15(7-9-17)10-13(14(18)19)16-22-15;10-9-6-8(9)7-4-2-1-3-5-7/h2-5H,6-10H2,1H3,(H,18,19);1-5,8-9H,6,10H2. The van der Waals surface area contributed by atoms with Gasteiger partial charge in [0.05, 0.1) is 4.90 Å². The second-order valence-corrected chi connectivity index (χ2v) is 10.9. The topological polar surface area (TPSA) is 122 Å². The Morgan fingerprint density at radius 2 is 1.73 bits per heavy atom. The molecule has 2 aromatic rings. The molecule has 0 amide bonds. The highest BCUT2D eigenvalue weighted by Crippen LogP contribution is 2.38. The summed E-state index contributed by atoms with van der Waals surface area (Å²) in [4.78, 5) is 16.5. The first-order valence-corrected chi connectivity index (χ1v) is 12.5. The van der Waals surface area contributed by atoms with Crippen LogP contribution in [0.1, 0.15) is 42.7 Å². The SMILES string of the molecule is Cc1ccc(S(=O)(=O)N2CCC3(CC2)CC(C(=O)O)=NO3)cc1.NC1CC1c1ccccc1. The second kappa shape index (κ2) is 9.24. The molecule has 2 aromatic carbocycles. The lowest BCUT2D eigenvalue weighted by molar-refractivity contribution is -0.129. The van der Waals surface area contributed by atoms with E-state index in [0.29, 0.717) is 37.9 Å². The minimum atomic E-state index is -3.53. The number of hydrogen-bond donors (Lipinski definition) is 2. The summed E-state index contributed by atoms with van der Waals surface area (Å²) >= 11 is 0. The average molecular weight is 472 g/mol. The van der Waals surface area contributed by atoms with Crippen LogP contribution in [0, 0.1) is 6.92 Å². The van der Waals surface area contributed by atoms with Gasteiger partial charge in [-0.05, 0) is 31.0 Å². The predicted molar refractivity (Wildman–Crippen MR) is 124 cm³/mol. The first-order valence-electron chi connectivity index (χ1n) is 11.1. The number of nitrogens with zero attached hydrogens (tertiary/aromatic N) is 2. The van der Waals surface area contributed by atoms with Crippen molar-refractivity contribution in [2.45, 2.75) is 55.1 Å². The largest absolute Gasteiger partial charge is 0.477 e. The predicted octanol–water partition coefficient (Wildman–Crippen LogP) is 2.88. The van der Waals surface area contributed by atoms with Gasteiger partial charge < -0.3 is 15.7 Å². The number of piperidine rings is 1. The van der Waals surface area contributed by atoms with Gasteiger partial charge in [-0.2, -0.15) is 4.31 Å². The highest BCUT2D eigenvalue weighted by Gasteiger charge is 2.45. The number of rotatable bonds is 4. The number of oxime groups is 1. The van der Waals surface area contributed by atoms with Gasteiger partial charge >= 0.3 is 5.97 Å². The molecule has 3 aliphatic rings. The summed E-state index contributed by atoms with van der Waals surface area (Å²) in [6.07, 6.45) is 2.25. The molecular formula is C24H29N3O5S. The maximum absolute atomic E-state index is 12.6. The molecular weight excluding hydrogens is 442 g/mol. The van der Waals surface area contributed by atoms with Gasteiger partial charge in [-0.3, -0.25) is 0 Å². The normalized spacial score (nSPS) is 23.8. The molecule has 1 saturated carbocycles. The monoisotopic (exact) mass is 471 g/mol. The fourth-order valence-electron chi connectivity index (χ4n) is 4.20. The van der Waals surface area contributed by atoms with E-state index in [9.17, 15) is 13.2 Å². The van der Waals surface area contributed by atoms with E-state index >= 15 is 0 Å². The number of carboxylic acid groups (broad SMARTS) is 1. The van der Waals surface area contributed by atoms with Crippen LogP contribution in [0.25, 0.3) is 0 Å². The number of aliphatic carboxylic acids is 1.